The molecule has 1 aliphatic rings. The predicted octanol–water partition coefficient (Wildman–Crippen LogP) is 3.66. The standard InChI is InChI=1S/C21H24N4O2/c1-15(26)18-11-19(24(2)12-18)14-25-10-6-9-17(13-25)21-22-20(23-27-21)16-7-4-3-5-8-16/h3-5,7-8,11-12,17H,6,9-10,13-14H2,1-2H3/t17-/m1/s1. The van der Waals surface area contributed by atoms with E-state index in [1.54, 1.807) is 6.92 Å². The van der Waals surface area contributed by atoms with E-state index in [4.69, 9.17) is 4.52 Å². The number of benzene rings is 1. The Balaban J connectivity index is 1.46. The van der Waals surface area contributed by atoms with Gasteiger partial charge in [0.15, 0.2) is 5.78 Å². The maximum Gasteiger partial charge on any atom is 0.231 e. The summed E-state index contributed by atoms with van der Waals surface area (Å²) >= 11 is 0. The normalized spacial score (nSPS) is 17.9. The summed E-state index contributed by atoms with van der Waals surface area (Å²) < 4.78 is 7.62. The van der Waals surface area contributed by atoms with Gasteiger partial charge >= 0.3 is 0 Å². The molecule has 1 saturated heterocycles. The highest BCUT2D eigenvalue weighted by atomic mass is 16.5. The van der Waals surface area contributed by atoms with Crippen LogP contribution in [0.1, 0.15) is 47.6 Å². The topological polar surface area (TPSA) is 64.2 Å². The molecule has 6 nitrogen and oxygen atoms in total. The number of ketones is 1. The Hall–Kier alpha value is -2.73. The lowest BCUT2D eigenvalue weighted by atomic mass is 9.98. The monoisotopic (exact) mass is 364 g/mol. The van der Waals surface area contributed by atoms with E-state index < -0.39 is 0 Å². The first-order chi connectivity index (χ1) is 13.1. The smallest absolute Gasteiger partial charge is 0.231 e. The Bertz CT molecular complexity index is 929. The minimum Gasteiger partial charge on any atom is -0.353 e. The van der Waals surface area contributed by atoms with Gasteiger partial charge in [0.1, 0.15) is 0 Å². The SMILES string of the molecule is CC(=O)c1cc(CN2CCC[C@@H](c3nc(-c4ccccc4)no3)C2)n(C)c1. The molecule has 0 spiro atoms. The zero-order valence-electron chi connectivity index (χ0n) is 15.8. The van der Waals surface area contributed by atoms with Crippen LogP contribution < -0.4 is 0 Å². The van der Waals surface area contributed by atoms with Crippen molar-refractivity contribution in [2.45, 2.75) is 32.2 Å². The van der Waals surface area contributed by atoms with Crippen LogP contribution in [0.4, 0.5) is 0 Å². The van der Waals surface area contributed by atoms with Gasteiger partial charge in [0.05, 0.1) is 5.92 Å². The summed E-state index contributed by atoms with van der Waals surface area (Å²) in [6.45, 7) is 4.35. The Labute approximate surface area is 158 Å². The molecule has 0 bridgehead atoms. The molecule has 3 heterocycles. The summed E-state index contributed by atoms with van der Waals surface area (Å²) in [5.41, 5.74) is 2.89. The molecule has 1 aliphatic heterocycles. The largest absolute Gasteiger partial charge is 0.353 e. The second-order valence-electron chi connectivity index (χ2n) is 7.28. The molecule has 0 aliphatic carbocycles. The third kappa shape index (κ3) is 3.85. The van der Waals surface area contributed by atoms with Crippen molar-refractivity contribution in [3.05, 3.63) is 59.7 Å². The minimum absolute atomic E-state index is 0.104. The molecular weight excluding hydrogens is 340 g/mol. The summed E-state index contributed by atoms with van der Waals surface area (Å²) in [4.78, 5) is 18.6. The Morgan fingerprint density at radius 3 is 2.85 bits per heavy atom. The highest BCUT2D eigenvalue weighted by Crippen LogP contribution is 2.28. The van der Waals surface area contributed by atoms with Gasteiger partial charge < -0.3 is 9.09 Å². The highest BCUT2D eigenvalue weighted by molar-refractivity contribution is 5.94. The van der Waals surface area contributed by atoms with E-state index in [0.717, 1.165) is 55.2 Å². The summed E-state index contributed by atoms with van der Waals surface area (Å²) in [5.74, 6) is 1.72. The van der Waals surface area contributed by atoms with Crippen molar-refractivity contribution < 1.29 is 9.32 Å². The summed E-state index contributed by atoms with van der Waals surface area (Å²) in [6.07, 6.45) is 4.06. The quantitative estimate of drug-likeness (QED) is 0.647. The minimum atomic E-state index is 0.104. The molecule has 140 valence electrons. The van der Waals surface area contributed by atoms with E-state index in [-0.39, 0.29) is 11.7 Å². The van der Waals surface area contributed by atoms with Gasteiger partial charge in [-0.25, -0.2) is 0 Å². The number of hydrogen-bond acceptors (Lipinski definition) is 5. The zero-order valence-corrected chi connectivity index (χ0v) is 15.8. The van der Waals surface area contributed by atoms with Crippen molar-refractivity contribution in [1.29, 1.82) is 0 Å². The maximum atomic E-state index is 11.6. The number of Topliss-reactive ketones (excluding diaryl/α,β-unsaturated/α-hetero) is 1. The molecule has 1 fully saturated rings. The predicted molar refractivity (Wildman–Crippen MR) is 102 cm³/mol. The zero-order chi connectivity index (χ0) is 18.8. The van der Waals surface area contributed by atoms with Crippen LogP contribution in [0.3, 0.4) is 0 Å². The van der Waals surface area contributed by atoms with E-state index in [9.17, 15) is 4.79 Å². The average Bonchev–Trinajstić information content (AvgIpc) is 3.31. The van der Waals surface area contributed by atoms with E-state index in [1.807, 2.05) is 54.2 Å². The fourth-order valence-corrected chi connectivity index (χ4v) is 3.70. The molecule has 0 amide bonds. The van der Waals surface area contributed by atoms with Crippen molar-refractivity contribution in [1.82, 2.24) is 19.6 Å². The number of piperidine rings is 1. The molecule has 0 saturated carbocycles. The summed E-state index contributed by atoms with van der Waals surface area (Å²) in [6, 6.07) is 11.9. The van der Waals surface area contributed by atoms with Crippen molar-refractivity contribution in [2.24, 2.45) is 7.05 Å². The first-order valence-corrected chi connectivity index (χ1v) is 9.37. The van der Waals surface area contributed by atoms with E-state index >= 15 is 0 Å². The molecule has 0 N–H and O–H groups in total. The van der Waals surface area contributed by atoms with Gasteiger partial charge in [-0.05, 0) is 32.4 Å². The third-order valence-electron chi connectivity index (χ3n) is 5.23. The second-order valence-corrected chi connectivity index (χ2v) is 7.28. The van der Waals surface area contributed by atoms with Crippen LogP contribution in [0, 0.1) is 0 Å². The molecule has 1 atom stereocenters. The lowest BCUT2D eigenvalue weighted by Gasteiger charge is -2.30. The number of hydrogen-bond donors (Lipinski definition) is 0. The lowest BCUT2D eigenvalue weighted by Crippen LogP contribution is -2.34. The first kappa shape index (κ1) is 17.7. The van der Waals surface area contributed by atoms with Gasteiger partial charge in [-0.15, -0.1) is 0 Å². The van der Waals surface area contributed by atoms with Crippen LogP contribution in [-0.4, -0.2) is 38.5 Å². The van der Waals surface area contributed by atoms with Crippen molar-refractivity contribution in [3.8, 4) is 11.4 Å². The van der Waals surface area contributed by atoms with E-state index in [2.05, 4.69) is 15.0 Å². The molecule has 0 radical (unpaired) electrons. The first-order valence-electron chi connectivity index (χ1n) is 9.37. The van der Waals surface area contributed by atoms with Gasteiger partial charge in [-0.1, -0.05) is 35.5 Å². The fraction of sp³-hybridized carbons (Fsp3) is 0.381. The molecule has 1 aromatic carbocycles. The van der Waals surface area contributed by atoms with Crippen LogP contribution in [-0.2, 0) is 13.6 Å². The Morgan fingerprint density at radius 2 is 2.11 bits per heavy atom. The molecule has 0 unspecified atom stereocenters. The van der Waals surface area contributed by atoms with E-state index in [0.29, 0.717) is 5.82 Å². The van der Waals surface area contributed by atoms with Crippen LogP contribution in [0.15, 0.2) is 47.1 Å². The van der Waals surface area contributed by atoms with Crippen LogP contribution in [0.5, 0.6) is 0 Å². The van der Waals surface area contributed by atoms with Crippen molar-refractivity contribution >= 4 is 5.78 Å². The number of carbonyl (C=O) groups is 1. The summed E-state index contributed by atoms with van der Waals surface area (Å²) in [7, 11) is 1.99. The highest BCUT2D eigenvalue weighted by Gasteiger charge is 2.26. The summed E-state index contributed by atoms with van der Waals surface area (Å²) in [5, 5.41) is 4.16. The van der Waals surface area contributed by atoms with Crippen molar-refractivity contribution in [2.75, 3.05) is 13.1 Å². The number of likely N-dealkylation sites (tertiary alicyclic amines) is 1. The van der Waals surface area contributed by atoms with Gasteiger partial charge in [-0.3, -0.25) is 9.69 Å². The van der Waals surface area contributed by atoms with E-state index in [1.165, 1.54) is 0 Å². The number of aromatic nitrogens is 3. The van der Waals surface area contributed by atoms with Crippen molar-refractivity contribution in [3.63, 3.8) is 0 Å². The van der Waals surface area contributed by atoms with Crippen LogP contribution in [0.25, 0.3) is 11.4 Å². The number of aryl methyl sites for hydroxylation is 1. The van der Waals surface area contributed by atoms with Gasteiger partial charge in [0, 0.05) is 43.2 Å². The van der Waals surface area contributed by atoms with Crippen LogP contribution in [0.2, 0.25) is 0 Å². The maximum absolute atomic E-state index is 11.6. The van der Waals surface area contributed by atoms with Gasteiger partial charge in [-0.2, -0.15) is 4.98 Å². The number of carbonyl (C=O) groups excluding carboxylic acids is 1. The Morgan fingerprint density at radius 1 is 1.30 bits per heavy atom. The molecular formula is C21H24N4O2. The molecule has 27 heavy (non-hydrogen) atoms. The molecule has 6 heteroatoms. The van der Waals surface area contributed by atoms with Crippen LogP contribution >= 0.6 is 0 Å². The average molecular weight is 364 g/mol. The molecule has 4 rings (SSSR count). The number of nitrogens with zero attached hydrogens (tertiary/aromatic N) is 4. The third-order valence-corrected chi connectivity index (χ3v) is 5.23. The van der Waals surface area contributed by atoms with Gasteiger partial charge in [0.25, 0.3) is 0 Å². The second kappa shape index (κ2) is 7.48. The van der Waals surface area contributed by atoms with Gasteiger partial charge in [0.2, 0.25) is 11.7 Å². The molecule has 2 aromatic heterocycles. The lowest BCUT2D eigenvalue weighted by molar-refractivity contribution is 0.101. The molecule has 3 aromatic rings. The Kier molecular flexibility index (Phi) is 4.90. The number of rotatable bonds is 5. The fourth-order valence-electron chi connectivity index (χ4n) is 3.70.